The molecule has 1 aromatic rings. The summed E-state index contributed by atoms with van der Waals surface area (Å²) in [7, 11) is 1.61. The van der Waals surface area contributed by atoms with Gasteiger partial charge in [0.05, 0.1) is 13.2 Å². The van der Waals surface area contributed by atoms with Crippen LogP contribution >= 0.6 is 15.9 Å². The number of aromatic nitrogens is 1. The molecule has 1 aliphatic carbocycles. The monoisotopic (exact) mass is 243 g/mol. The SMILES string of the molecule is COc1c(OC2CC2)ccnc1Br. The summed E-state index contributed by atoms with van der Waals surface area (Å²) in [6.07, 6.45) is 4.36. The topological polar surface area (TPSA) is 31.4 Å². The number of ether oxygens (including phenoxy) is 2. The van der Waals surface area contributed by atoms with Gasteiger partial charge in [0, 0.05) is 12.3 Å². The molecule has 0 aromatic carbocycles. The molecule has 0 saturated heterocycles. The van der Waals surface area contributed by atoms with Gasteiger partial charge in [-0.05, 0) is 28.8 Å². The summed E-state index contributed by atoms with van der Waals surface area (Å²) in [6, 6.07) is 1.82. The van der Waals surface area contributed by atoms with E-state index in [4.69, 9.17) is 9.47 Å². The minimum Gasteiger partial charge on any atom is -0.490 e. The highest BCUT2D eigenvalue weighted by Crippen LogP contribution is 2.36. The first-order valence-electron chi connectivity index (χ1n) is 4.16. The minimum atomic E-state index is 0.378. The molecule has 0 unspecified atom stereocenters. The molecule has 0 N–H and O–H groups in total. The molecule has 1 aliphatic rings. The third kappa shape index (κ3) is 1.94. The van der Waals surface area contributed by atoms with E-state index in [1.165, 1.54) is 0 Å². The summed E-state index contributed by atoms with van der Waals surface area (Å²) in [5, 5.41) is 0. The molecule has 0 spiro atoms. The van der Waals surface area contributed by atoms with Crippen molar-refractivity contribution in [1.29, 1.82) is 0 Å². The van der Waals surface area contributed by atoms with Crippen LogP contribution in [0, 0.1) is 0 Å². The lowest BCUT2D eigenvalue weighted by molar-refractivity contribution is 0.280. The Labute approximate surface area is 85.2 Å². The second-order valence-corrected chi connectivity index (χ2v) is 3.70. The van der Waals surface area contributed by atoms with Crippen LogP contribution in [0.5, 0.6) is 11.5 Å². The first-order chi connectivity index (χ1) is 6.31. The molecular weight excluding hydrogens is 234 g/mol. The number of halogens is 1. The molecule has 0 bridgehead atoms. The molecule has 1 heterocycles. The Bertz CT molecular complexity index is 312. The quantitative estimate of drug-likeness (QED) is 0.765. The highest BCUT2D eigenvalue weighted by molar-refractivity contribution is 9.10. The van der Waals surface area contributed by atoms with E-state index < -0.39 is 0 Å². The van der Waals surface area contributed by atoms with E-state index >= 15 is 0 Å². The number of methoxy groups -OCH3 is 1. The fourth-order valence-corrected chi connectivity index (χ4v) is 1.52. The Morgan fingerprint density at radius 3 is 2.92 bits per heavy atom. The van der Waals surface area contributed by atoms with Crippen LogP contribution in [0.25, 0.3) is 0 Å². The molecule has 0 amide bonds. The summed E-state index contributed by atoms with van der Waals surface area (Å²) in [4.78, 5) is 4.05. The Morgan fingerprint density at radius 2 is 2.31 bits per heavy atom. The van der Waals surface area contributed by atoms with Crippen molar-refractivity contribution in [3.63, 3.8) is 0 Å². The molecule has 70 valence electrons. The van der Waals surface area contributed by atoms with Crippen molar-refractivity contribution in [3.05, 3.63) is 16.9 Å². The van der Waals surface area contributed by atoms with Crippen molar-refractivity contribution >= 4 is 15.9 Å². The number of pyridine rings is 1. The lowest BCUT2D eigenvalue weighted by atomic mass is 10.4. The first kappa shape index (κ1) is 8.81. The van der Waals surface area contributed by atoms with E-state index in [2.05, 4.69) is 20.9 Å². The van der Waals surface area contributed by atoms with E-state index in [0.717, 1.165) is 18.6 Å². The zero-order valence-electron chi connectivity index (χ0n) is 7.29. The smallest absolute Gasteiger partial charge is 0.193 e. The van der Waals surface area contributed by atoms with Crippen LogP contribution < -0.4 is 9.47 Å². The van der Waals surface area contributed by atoms with Crippen LogP contribution in [0.15, 0.2) is 16.9 Å². The number of hydrogen-bond donors (Lipinski definition) is 0. The highest BCUT2D eigenvalue weighted by Gasteiger charge is 2.25. The standard InChI is InChI=1S/C9H10BrNO2/c1-12-8-7(13-6-2-3-6)4-5-11-9(8)10/h4-6H,2-3H2,1H3. The summed E-state index contributed by atoms with van der Waals surface area (Å²) >= 11 is 3.30. The van der Waals surface area contributed by atoms with E-state index in [-0.39, 0.29) is 0 Å². The van der Waals surface area contributed by atoms with E-state index in [1.807, 2.05) is 6.07 Å². The lowest BCUT2D eigenvalue weighted by Crippen LogP contribution is -1.99. The van der Waals surface area contributed by atoms with Gasteiger partial charge >= 0.3 is 0 Å². The molecule has 0 atom stereocenters. The zero-order chi connectivity index (χ0) is 9.26. The average molecular weight is 244 g/mol. The third-order valence-corrected chi connectivity index (χ3v) is 2.41. The second-order valence-electron chi connectivity index (χ2n) is 2.95. The van der Waals surface area contributed by atoms with Gasteiger partial charge in [-0.3, -0.25) is 0 Å². The van der Waals surface area contributed by atoms with Gasteiger partial charge in [-0.15, -0.1) is 0 Å². The largest absolute Gasteiger partial charge is 0.490 e. The molecular formula is C9H10BrNO2. The molecule has 1 aromatic heterocycles. The van der Waals surface area contributed by atoms with Crippen molar-refractivity contribution in [1.82, 2.24) is 4.98 Å². The van der Waals surface area contributed by atoms with E-state index in [1.54, 1.807) is 13.3 Å². The first-order valence-corrected chi connectivity index (χ1v) is 4.95. The Balaban J connectivity index is 2.25. The van der Waals surface area contributed by atoms with E-state index in [9.17, 15) is 0 Å². The zero-order valence-corrected chi connectivity index (χ0v) is 8.87. The third-order valence-electron chi connectivity index (χ3n) is 1.85. The minimum absolute atomic E-state index is 0.378. The lowest BCUT2D eigenvalue weighted by Gasteiger charge is -2.09. The Morgan fingerprint density at radius 1 is 1.54 bits per heavy atom. The molecule has 2 rings (SSSR count). The maximum atomic E-state index is 5.63. The van der Waals surface area contributed by atoms with Gasteiger partial charge in [-0.2, -0.15) is 0 Å². The fourth-order valence-electron chi connectivity index (χ4n) is 1.05. The van der Waals surface area contributed by atoms with Crippen LogP contribution in [0.1, 0.15) is 12.8 Å². The van der Waals surface area contributed by atoms with Gasteiger partial charge in [0.15, 0.2) is 16.1 Å². The van der Waals surface area contributed by atoms with Crippen molar-refractivity contribution in [2.45, 2.75) is 18.9 Å². The summed E-state index contributed by atoms with van der Waals surface area (Å²) in [5.74, 6) is 1.45. The summed E-state index contributed by atoms with van der Waals surface area (Å²) in [5.41, 5.74) is 0. The fraction of sp³-hybridized carbons (Fsp3) is 0.444. The van der Waals surface area contributed by atoms with Crippen molar-refractivity contribution in [2.24, 2.45) is 0 Å². The van der Waals surface area contributed by atoms with Crippen LogP contribution in [0.3, 0.4) is 0 Å². The highest BCUT2D eigenvalue weighted by atomic mass is 79.9. The maximum absolute atomic E-state index is 5.63. The van der Waals surface area contributed by atoms with Crippen LogP contribution in [0.4, 0.5) is 0 Å². The number of rotatable bonds is 3. The molecule has 0 radical (unpaired) electrons. The van der Waals surface area contributed by atoms with Gasteiger partial charge in [0.25, 0.3) is 0 Å². The van der Waals surface area contributed by atoms with Gasteiger partial charge < -0.3 is 9.47 Å². The number of hydrogen-bond acceptors (Lipinski definition) is 3. The Kier molecular flexibility index (Phi) is 2.40. The summed E-state index contributed by atoms with van der Waals surface area (Å²) < 4.78 is 11.5. The molecule has 3 nitrogen and oxygen atoms in total. The predicted molar refractivity (Wildman–Crippen MR) is 52.1 cm³/mol. The Hall–Kier alpha value is -0.770. The van der Waals surface area contributed by atoms with E-state index in [0.29, 0.717) is 16.5 Å². The van der Waals surface area contributed by atoms with Crippen molar-refractivity contribution in [2.75, 3.05) is 7.11 Å². The average Bonchev–Trinajstić information content (AvgIpc) is 2.89. The maximum Gasteiger partial charge on any atom is 0.193 e. The van der Waals surface area contributed by atoms with Crippen molar-refractivity contribution < 1.29 is 9.47 Å². The molecule has 0 aliphatic heterocycles. The van der Waals surface area contributed by atoms with Gasteiger partial charge in [0.1, 0.15) is 0 Å². The van der Waals surface area contributed by atoms with Gasteiger partial charge in [-0.25, -0.2) is 4.98 Å². The molecule has 4 heteroatoms. The van der Waals surface area contributed by atoms with Gasteiger partial charge in [0.2, 0.25) is 0 Å². The van der Waals surface area contributed by atoms with Crippen molar-refractivity contribution in [3.8, 4) is 11.5 Å². The number of nitrogens with zero attached hydrogens (tertiary/aromatic N) is 1. The second kappa shape index (κ2) is 3.54. The van der Waals surface area contributed by atoms with Crippen LogP contribution in [-0.4, -0.2) is 18.2 Å². The molecule has 1 fully saturated rings. The normalized spacial score (nSPS) is 15.5. The predicted octanol–water partition coefficient (Wildman–Crippen LogP) is 2.39. The molecule has 13 heavy (non-hydrogen) atoms. The summed E-state index contributed by atoms with van der Waals surface area (Å²) in [6.45, 7) is 0. The van der Waals surface area contributed by atoms with Gasteiger partial charge in [-0.1, -0.05) is 0 Å². The van der Waals surface area contributed by atoms with Crippen LogP contribution in [0.2, 0.25) is 0 Å². The van der Waals surface area contributed by atoms with Crippen LogP contribution in [-0.2, 0) is 0 Å². The molecule has 1 saturated carbocycles.